The van der Waals surface area contributed by atoms with Gasteiger partial charge >= 0.3 is 5.97 Å². The maximum Gasteiger partial charge on any atom is 0.303 e. The summed E-state index contributed by atoms with van der Waals surface area (Å²) in [5, 5.41) is 8.35. The maximum absolute atomic E-state index is 10.1. The SMILES string of the molecule is CC(C)(C)OOC(C)(C)C.CCCCCCCCCC(=O)O. The van der Waals surface area contributed by atoms with Crippen LogP contribution in [0.1, 0.15) is 99.8 Å². The van der Waals surface area contributed by atoms with E-state index in [1.165, 1.54) is 32.1 Å². The van der Waals surface area contributed by atoms with E-state index < -0.39 is 5.97 Å². The molecule has 0 heterocycles. The van der Waals surface area contributed by atoms with E-state index in [2.05, 4.69) is 6.92 Å². The summed E-state index contributed by atoms with van der Waals surface area (Å²) in [7, 11) is 0. The van der Waals surface area contributed by atoms with Gasteiger partial charge in [-0.15, -0.1) is 0 Å². The molecule has 22 heavy (non-hydrogen) atoms. The monoisotopic (exact) mass is 318 g/mol. The van der Waals surface area contributed by atoms with Gasteiger partial charge in [-0.25, -0.2) is 9.78 Å². The summed E-state index contributed by atoms with van der Waals surface area (Å²) >= 11 is 0. The van der Waals surface area contributed by atoms with Gasteiger partial charge in [0.05, 0.1) is 11.2 Å². The van der Waals surface area contributed by atoms with Crippen molar-refractivity contribution in [3.05, 3.63) is 0 Å². The highest BCUT2D eigenvalue weighted by Gasteiger charge is 2.18. The van der Waals surface area contributed by atoms with Gasteiger partial charge in [-0.3, -0.25) is 4.79 Å². The van der Waals surface area contributed by atoms with Gasteiger partial charge in [-0.2, -0.15) is 0 Å². The number of rotatable bonds is 9. The topological polar surface area (TPSA) is 55.8 Å². The van der Waals surface area contributed by atoms with Crippen molar-refractivity contribution < 1.29 is 19.7 Å². The largest absolute Gasteiger partial charge is 0.481 e. The Bertz CT molecular complexity index is 247. The second kappa shape index (κ2) is 12.9. The van der Waals surface area contributed by atoms with Gasteiger partial charge in [0.1, 0.15) is 0 Å². The molecule has 0 aromatic rings. The van der Waals surface area contributed by atoms with Gasteiger partial charge in [-0.05, 0) is 48.0 Å². The molecule has 0 fully saturated rings. The van der Waals surface area contributed by atoms with Crippen LogP contribution in [0.25, 0.3) is 0 Å². The Morgan fingerprint density at radius 3 is 1.45 bits per heavy atom. The highest BCUT2D eigenvalue weighted by atomic mass is 17.2. The molecule has 0 atom stereocenters. The van der Waals surface area contributed by atoms with Crippen molar-refractivity contribution in [2.75, 3.05) is 0 Å². The van der Waals surface area contributed by atoms with Gasteiger partial charge < -0.3 is 5.11 Å². The van der Waals surface area contributed by atoms with Gasteiger partial charge in [0, 0.05) is 6.42 Å². The number of carboxylic acid groups (broad SMARTS) is 1. The Labute approximate surface area is 137 Å². The molecule has 0 spiro atoms. The van der Waals surface area contributed by atoms with Crippen LogP contribution in [-0.2, 0) is 14.6 Å². The molecule has 0 saturated carbocycles. The second-order valence-corrected chi connectivity index (χ2v) is 7.66. The molecule has 0 amide bonds. The zero-order valence-corrected chi connectivity index (χ0v) is 15.8. The third-order valence-corrected chi connectivity index (χ3v) is 2.54. The predicted octanol–water partition coefficient (Wildman–Crippen LogP) is 5.74. The zero-order valence-electron chi connectivity index (χ0n) is 15.8. The van der Waals surface area contributed by atoms with E-state index in [9.17, 15) is 4.79 Å². The lowest BCUT2D eigenvalue weighted by atomic mass is 10.1. The summed E-state index contributed by atoms with van der Waals surface area (Å²) in [6.45, 7) is 13.9. The van der Waals surface area contributed by atoms with Crippen molar-refractivity contribution in [2.24, 2.45) is 0 Å². The molecule has 0 radical (unpaired) electrons. The molecule has 0 aliphatic rings. The maximum atomic E-state index is 10.1. The average molecular weight is 318 g/mol. The highest BCUT2D eigenvalue weighted by Crippen LogP contribution is 2.14. The van der Waals surface area contributed by atoms with Gasteiger partial charge in [-0.1, -0.05) is 45.4 Å². The van der Waals surface area contributed by atoms with Crippen molar-refractivity contribution in [3.8, 4) is 0 Å². The lowest BCUT2D eigenvalue weighted by Gasteiger charge is -2.24. The van der Waals surface area contributed by atoms with Crippen molar-refractivity contribution in [2.45, 2.75) is 111 Å². The smallest absolute Gasteiger partial charge is 0.303 e. The molecule has 0 saturated heterocycles. The van der Waals surface area contributed by atoms with Crippen molar-refractivity contribution >= 4 is 5.97 Å². The van der Waals surface area contributed by atoms with E-state index in [0.717, 1.165) is 12.8 Å². The molecular weight excluding hydrogens is 280 g/mol. The van der Waals surface area contributed by atoms with Crippen LogP contribution < -0.4 is 0 Å². The molecule has 0 aliphatic heterocycles. The minimum atomic E-state index is -0.663. The number of carboxylic acids is 1. The molecule has 1 N–H and O–H groups in total. The normalized spacial score (nSPS) is 11.8. The summed E-state index contributed by atoms with van der Waals surface area (Å²) in [6, 6.07) is 0. The van der Waals surface area contributed by atoms with E-state index in [-0.39, 0.29) is 11.2 Å². The Morgan fingerprint density at radius 2 is 1.14 bits per heavy atom. The van der Waals surface area contributed by atoms with Crippen LogP contribution in [0.4, 0.5) is 0 Å². The standard InChI is InChI=1S/C10H20O2.C8H18O2/c1-2-3-4-5-6-7-8-9-10(11)12;1-7(2,3)9-10-8(4,5)6/h2-9H2,1H3,(H,11,12);1-6H3. The number of carbonyl (C=O) groups is 1. The number of aliphatic carboxylic acids is 1. The minimum absolute atomic E-state index is 0.215. The third-order valence-electron chi connectivity index (χ3n) is 2.54. The molecule has 4 heteroatoms. The highest BCUT2D eigenvalue weighted by molar-refractivity contribution is 5.66. The van der Waals surface area contributed by atoms with Crippen molar-refractivity contribution in [1.82, 2.24) is 0 Å². The summed E-state index contributed by atoms with van der Waals surface area (Å²) in [5.41, 5.74) is -0.430. The van der Waals surface area contributed by atoms with Gasteiger partial charge in [0.2, 0.25) is 0 Å². The molecule has 0 unspecified atom stereocenters. The molecule has 0 rings (SSSR count). The van der Waals surface area contributed by atoms with Crippen LogP contribution in [0.15, 0.2) is 0 Å². The molecular formula is C18H38O4. The van der Waals surface area contributed by atoms with Crippen LogP contribution in [0.3, 0.4) is 0 Å². The Morgan fingerprint density at radius 1 is 0.773 bits per heavy atom. The summed E-state index contributed by atoms with van der Waals surface area (Å²) < 4.78 is 0. The van der Waals surface area contributed by atoms with E-state index in [0.29, 0.717) is 6.42 Å². The number of hydrogen-bond donors (Lipinski definition) is 1. The molecule has 0 aromatic carbocycles. The zero-order chi connectivity index (χ0) is 17.6. The Hall–Kier alpha value is -0.610. The predicted molar refractivity (Wildman–Crippen MR) is 91.9 cm³/mol. The van der Waals surface area contributed by atoms with E-state index in [4.69, 9.17) is 14.9 Å². The molecule has 134 valence electrons. The second-order valence-electron chi connectivity index (χ2n) is 7.66. The quantitative estimate of drug-likeness (QED) is 0.334. The summed E-state index contributed by atoms with van der Waals surface area (Å²) in [4.78, 5) is 20.3. The molecule has 0 aromatic heterocycles. The fourth-order valence-corrected chi connectivity index (χ4v) is 1.48. The Kier molecular flexibility index (Phi) is 13.9. The molecule has 4 nitrogen and oxygen atoms in total. The average Bonchev–Trinajstić information content (AvgIpc) is 2.34. The van der Waals surface area contributed by atoms with Crippen LogP contribution in [0, 0.1) is 0 Å². The fourth-order valence-electron chi connectivity index (χ4n) is 1.48. The Balaban J connectivity index is 0. The number of hydrogen-bond acceptors (Lipinski definition) is 3. The van der Waals surface area contributed by atoms with E-state index in [1.54, 1.807) is 0 Å². The van der Waals surface area contributed by atoms with Crippen LogP contribution in [0.5, 0.6) is 0 Å². The van der Waals surface area contributed by atoms with E-state index in [1.807, 2.05) is 41.5 Å². The summed E-state index contributed by atoms with van der Waals surface area (Å²) in [5.74, 6) is -0.663. The first-order valence-electron chi connectivity index (χ1n) is 8.56. The van der Waals surface area contributed by atoms with Gasteiger partial charge in [0.15, 0.2) is 0 Å². The lowest BCUT2D eigenvalue weighted by molar-refractivity contribution is -0.393. The van der Waals surface area contributed by atoms with E-state index >= 15 is 0 Å². The van der Waals surface area contributed by atoms with Crippen LogP contribution in [0.2, 0.25) is 0 Å². The first-order valence-corrected chi connectivity index (χ1v) is 8.56. The van der Waals surface area contributed by atoms with Crippen LogP contribution >= 0.6 is 0 Å². The molecule has 0 aliphatic carbocycles. The fraction of sp³-hybridized carbons (Fsp3) is 0.944. The molecule has 0 bridgehead atoms. The summed E-state index contributed by atoms with van der Waals surface area (Å²) in [6.07, 6.45) is 8.64. The first kappa shape index (κ1) is 23.7. The third kappa shape index (κ3) is 27.7. The lowest BCUT2D eigenvalue weighted by Crippen LogP contribution is -2.27. The van der Waals surface area contributed by atoms with Crippen LogP contribution in [-0.4, -0.2) is 22.3 Å². The number of unbranched alkanes of at least 4 members (excludes halogenated alkanes) is 6. The van der Waals surface area contributed by atoms with Crippen molar-refractivity contribution in [3.63, 3.8) is 0 Å². The van der Waals surface area contributed by atoms with Gasteiger partial charge in [0.25, 0.3) is 0 Å². The first-order chi connectivity index (χ1) is 9.98. The minimum Gasteiger partial charge on any atom is -0.481 e. The van der Waals surface area contributed by atoms with Crippen molar-refractivity contribution in [1.29, 1.82) is 0 Å².